The highest BCUT2D eigenvalue weighted by atomic mass is 32.2. The summed E-state index contributed by atoms with van der Waals surface area (Å²) >= 11 is 0. The van der Waals surface area contributed by atoms with Gasteiger partial charge in [0.2, 0.25) is 15.9 Å². The van der Waals surface area contributed by atoms with Crippen LogP contribution in [0.3, 0.4) is 0 Å². The van der Waals surface area contributed by atoms with E-state index in [2.05, 4.69) is 4.72 Å². The number of nitrogens with one attached hydrogen (secondary N) is 1. The smallest absolute Gasteiger partial charge is 0.240 e. The SMILES string of the molecule is NC(=O)CCCCNS(=O)(=O)c1ccc(O)cc1. The van der Waals surface area contributed by atoms with Crippen molar-refractivity contribution in [3.05, 3.63) is 24.3 Å². The van der Waals surface area contributed by atoms with Gasteiger partial charge in [0.05, 0.1) is 4.90 Å². The average molecular weight is 272 g/mol. The first-order valence-electron chi connectivity index (χ1n) is 5.49. The molecule has 0 spiro atoms. The van der Waals surface area contributed by atoms with E-state index in [-0.39, 0.29) is 23.6 Å². The zero-order valence-corrected chi connectivity index (χ0v) is 10.6. The van der Waals surface area contributed by atoms with Crippen molar-refractivity contribution in [1.82, 2.24) is 4.72 Å². The van der Waals surface area contributed by atoms with Crippen LogP contribution in [-0.2, 0) is 14.8 Å². The number of primary amides is 1. The van der Waals surface area contributed by atoms with E-state index in [1.165, 1.54) is 24.3 Å². The maximum Gasteiger partial charge on any atom is 0.240 e. The third kappa shape index (κ3) is 4.72. The molecular weight excluding hydrogens is 256 g/mol. The topological polar surface area (TPSA) is 109 Å². The zero-order chi connectivity index (χ0) is 13.6. The Morgan fingerprint density at radius 1 is 1.22 bits per heavy atom. The fourth-order valence-corrected chi connectivity index (χ4v) is 2.41. The molecule has 1 amide bonds. The third-order valence-corrected chi connectivity index (χ3v) is 3.77. The number of unbranched alkanes of at least 4 members (excludes halogenated alkanes) is 1. The highest BCUT2D eigenvalue weighted by Crippen LogP contribution is 2.14. The highest BCUT2D eigenvalue weighted by Gasteiger charge is 2.12. The molecule has 0 saturated heterocycles. The number of nitrogens with two attached hydrogens (primary N) is 1. The van der Waals surface area contributed by atoms with Gasteiger partial charge in [0.15, 0.2) is 0 Å². The van der Waals surface area contributed by atoms with Crippen LogP contribution in [0.5, 0.6) is 5.75 Å². The Kier molecular flexibility index (Phi) is 5.11. The lowest BCUT2D eigenvalue weighted by Crippen LogP contribution is -2.25. The third-order valence-electron chi connectivity index (χ3n) is 2.29. The Balaban J connectivity index is 2.45. The summed E-state index contributed by atoms with van der Waals surface area (Å²) in [7, 11) is -3.56. The number of amides is 1. The van der Waals surface area contributed by atoms with Crippen molar-refractivity contribution in [2.45, 2.75) is 24.2 Å². The molecule has 0 unspecified atom stereocenters. The molecule has 4 N–H and O–H groups in total. The molecule has 0 aromatic heterocycles. The number of phenolic OH excluding ortho intramolecular Hbond substituents is 1. The molecule has 0 aliphatic rings. The second kappa shape index (κ2) is 6.36. The highest BCUT2D eigenvalue weighted by molar-refractivity contribution is 7.89. The Morgan fingerprint density at radius 3 is 2.39 bits per heavy atom. The lowest BCUT2D eigenvalue weighted by atomic mass is 10.2. The summed E-state index contributed by atoms with van der Waals surface area (Å²) < 4.78 is 25.9. The minimum Gasteiger partial charge on any atom is -0.508 e. The van der Waals surface area contributed by atoms with Crippen LogP contribution in [0.2, 0.25) is 0 Å². The van der Waals surface area contributed by atoms with E-state index >= 15 is 0 Å². The molecule has 0 saturated carbocycles. The van der Waals surface area contributed by atoms with Crippen molar-refractivity contribution in [1.29, 1.82) is 0 Å². The summed E-state index contributed by atoms with van der Waals surface area (Å²) in [5.74, 6) is -0.383. The molecule has 18 heavy (non-hydrogen) atoms. The minimum atomic E-state index is -3.56. The van der Waals surface area contributed by atoms with Crippen LogP contribution in [-0.4, -0.2) is 26.0 Å². The van der Waals surface area contributed by atoms with E-state index < -0.39 is 15.9 Å². The van der Waals surface area contributed by atoms with Crippen molar-refractivity contribution in [2.75, 3.05) is 6.54 Å². The van der Waals surface area contributed by atoms with Gasteiger partial charge >= 0.3 is 0 Å². The molecule has 0 aliphatic heterocycles. The molecule has 0 bridgehead atoms. The van der Waals surface area contributed by atoms with Crippen molar-refractivity contribution < 1.29 is 18.3 Å². The van der Waals surface area contributed by atoms with Gasteiger partial charge in [-0.3, -0.25) is 4.79 Å². The molecule has 6 nitrogen and oxygen atoms in total. The second-order valence-corrected chi connectivity index (χ2v) is 5.58. The van der Waals surface area contributed by atoms with Gasteiger partial charge in [-0.2, -0.15) is 0 Å². The predicted octanol–water partition coefficient (Wildman–Crippen LogP) is 0.326. The summed E-state index contributed by atoms with van der Waals surface area (Å²) in [6, 6.07) is 5.26. The first kappa shape index (κ1) is 14.5. The molecule has 0 atom stereocenters. The van der Waals surface area contributed by atoms with Gasteiger partial charge in [-0.15, -0.1) is 0 Å². The lowest BCUT2D eigenvalue weighted by Gasteiger charge is -2.06. The van der Waals surface area contributed by atoms with E-state index in [9.17, 15) is 13.2 Å². The number of phenols is 1. The fourth-order valence-electron chi connectivity index (χ4n) is 1.34. The van der Waals surface area contributed by atoms with E-state index in [0.29, 0.717) is 12.8 Å². The number of rotatable bonds is 7. The molecule has 100 valence electrons. The number of carbonyl (C=O) groups is 1. The maximum absolute atomic E-state index is 11.8. The van der Waals surface area contributed by atoms with E-state index in [0.717, 1.165) is 0 Å². The Labute approximate surface area is 106 Å². The molecular formula is C11H16N2O4S. The standard InChI is InChI=1S/C11H16N2O4S/c12-11(15)3-1-2-8-13-18(16,17)10-6-4-9(14)5-7-10/h4-7,13-14H,1-3,8H2,(H2,12,15). The maximum atomic E-state index is 11.8. The average Bonchev–Trinajstić information content (AvgIpc) is 2.28. The van der Waals surface area contributed by atoms with Crippen LogP contribution in [0.4, 0.5) is 0 Å². The number of hydrogen-bond donors (Lipinski definition) is 3. The molecule has 7 heteroatoms. The van der Waals surface area contributed by atoms with Gasteiger partial charge in [0.25, 0.3) is 0 Å². The van der Waals surface area contributed by atoms with Gasteiger partial charge in [-0.25, -0.2) is 13.1 Å². The number of carbonyl (C=O) groups excluding carboxylic acids is 1. The van der Waals surface area contributed by atoms with Crippen molar-refractivity contribution >= 4 is 15.9 Å². The van der Waals surface area contributed by atoms with Crippen molar-refractivity contribution in [2.24, 2.45) is 5.73 Å². The molecule has 1 rings (SSSR count). The number of sulfonamides is 1. The predicted molar refractivity (Wildman–Crippen MR) is 66.3 cm³/mol. The van der Waals surface area contributed by atoms with Gasteiger partial charge in [-0.05, 0) is 37.1 Å². The van der Waals surface area contributed by atoms with Gasteiger partial charge in [0.1, 0.15) is 5.75 Å². The molecule has 1 aromatic carbocycles. The normalized spacial score (nSPS) is 11.3. The largest absolute Gasteiger partial charge is 0.508 e. The first-order valence-corrected chi connectivity index (χ1v) is 6.97. The van der Waals surface area contributed by atoms with Crippen molar-refractivity contribution in [3.63, 3.8) is 0 Å². The van der Waals surface area contributed by atoms with Gasteiger partial charge in [0, 0.05) is 13.0 Å². The summed E-state index contributed by atoms with van der Waals surface area (Å²) in [6.07, 6.45) is 1.34. The van der Waals surface area contributed by atoms with Crippen LogP contribution >= 0.6 is 0 Å². The van der Waals surface area contributed by atoms with Crippen LogP contribution < -0.4 is 10.5 Å². The number of hydrogen-bond acceptors (Lipinski definition) is 4. The molecule has 0 fully saturated rings. The molecule has 0 aliphatic carbocycles. The van der Waals surface area contributed by atoms with Crippen molar-refractivity contribution in [3.8, 4) is 5.75 Å². The molecule has 0 radical (unpaired) electrons. The Morgan fingerprint density at radius 2 is 1.83 bits per heavy atom. The first-order chi connectivity index (χ1) is 8.42. The summed E-state index contributed by atoms with van der Waals surface area (Å²) in [4.78, 5) is 10.6. The van der Waals surface area contributed by atoms with Crippen LogP contribution in [0.1, 0.15) is 19.3 Å². The quantitative estimate of drug-likeness (QED) is 0.621. The van der Waals surface area contributed by atoms with Crippen LogP contribution in [0.15, 0.2) is 29.2 Å². The minimum absolute atomic E-state index is 0.00964. The number of benzene rings is 1. The lowest BCUT2D eigenvalue weighted by molar-refractivity contribution is -0.118. The zero-order valence-electron chi connectivity index (χ0n) is 9.80. The monoisotopic (exact) mass is 272 g/mol. The van der Waals surface area contributed by atoms with E-state index in [4.69, 9.17) is 10.8 Å². The number of aromatic hydroxyl groups is 1. The molecule has 1 aromatic rings. The summed E-state index contributed by atoms with van der Waals surface area (Å²) in [6.45, 7) is 0.247. The van der Waals surface area contributed by atoms with Gasteiger partial charge in [-0.1, -0.05) is 0 Å². The van der Waals surface area contributed by atoms with Gasteiger partial charge < -0.3 is 10.8 Å². The fraction of sp³-hybridized carbons (Fsp3) is 0.364. The van der Waals surface area contributed by atoms with Crippen LogP contribution in [0.25, 0.3) is 0 Å². The Bertz CT molecular complexity index is 496. The van der Waals surface area contributed by atoms with Crippen LogP contribution in [0, 0.1) is 0 Å². The summed E-state index contributed by atoms with van der Waals surface area (Å²) in [5.41, 5.74) is 4.96. The second-order valence-electron chi connectivity index (χ2n) is 3.82. The van der Waals surface area contributed by atoms with E-state index in [1.807, 2.05) is 0 Å². The molecule has 0 heterocycles. The Hall–Kier alpha value is -1.60. The van der Waals surface area contributed by atoms with E-state index in [1.54, 1.807) is 0 Å². The summed E-state index contributed by atoms with van der Waals surface area (Å²) in [5, 5.41) is 9.06.